The number of nitrogens with zero attached hydrogens (tertiary/aromatic N) is 1. The van der Waals surface area contributed by atoms with Gasteiger partial charge in [-0.05, 0) is 28.8 Å². The van der Waals surface area contributed by atoms with E-state index in [1.165, 1.54) is 0 Å². The summed E-state index contributed by atoms with van der Waals surface area (Å²) in [7, 11) is 0. The molecule has 0 aliphatic carbocycles. The van der Waals surface area contributed by atoms with E-state index >= 15 is 0 Å². The largest absolute Gasteiger partial charge is 0.387 e. The SMILES string of the molecule is Cc1ccc([C@H](O)[C@@H](C#N)c2cccc3ccccc23)cc1. The third-order valence-electron chi connectivity index (χ3n) is 4.03. The molecule has 0 amide bonds. The average molecular weight is 287 g/mol. The predicted octanol–water partition coefficient (Wildman–Crippen LogP) is 4.49. The Morgan fingerprint density at radius 2 is 1.59 bits per heavy atom. The quantitative estimate of drug-likeness (QED) is 0.771. The molecule has 0 heterocycles. The molecular formula is C20H17NO. The molecular weight excluding hydrogens is 270 g/mol. The predicted molar refractivity (Wildman–Crippen MR) is 88.4 cm³/mol. The van der Waals surface area contributed by atoms with Crippen LogP contribution in [-0.2, 0) is 0 Å². The first-order valence-corrected chi connectivity index (χ1v) is 7.32. The minimum Gasteiger partial charge on any atom is -0.387 e. The van der Waals surface area contributed by atoms with Crippen LogP contribution in [0.1, 0.15) is 28.7 Å². The van der Waals surface area contributed by atoms with Gasteiger partial charge in [-0.3, -0.25) is 0 Å². The number of hydrogen-bond donors (Lipinski definition) is 1. The second-order valence-corrected chi connectivity index (χ2v) is 5.53. The van der Waals surface area contributed by atoms with E-state index in [1.54, 1.807) is 0 Å². The summed E-state index contributed by atoms with van der Waals surface area (Å²) in [5.41, 5.74) is 2.77. The first kappa shape index (κ1) is 14.3. The van der Waals surface area contributed by atoms with Crippen molar-refractivity contribution in [3.63, 3.8) is 0 Å². The van der Waals surface area contributed by atoms with Gasteiger partial charge < -0.3 is 5.11 Å². The summed E-state index contributed by atoms with van der Waals surface area (Å²) in [6, 6.07) is 23.8. The lowest BCUT2D eigenvalue weighted by atomic mass is 9.87. The fourth-order valence-corrected chi connectivity index (χ4v) is 2.79. The molecule has 0 radical (unpaired) electrons. The summed E-state index contributed by atoms with van der Waals surface area (Å²) < 4.78 is 0. The summed E-state index contributed by atoms with van der Waals surface area (Å²) in [6.07, 6.45) is -0.837. The Balaban J connectivity index is 2.07. The van der Waals surface area contributed by atoms with Crippen LogP contribution >= 0.6 is 0 Å². The van der Waals surface area contributed by atoms with Crippen molar-refractivity contribution in [1.82, 2.24) is 0 Å². The Bertz CT molecular complexity index is 825. The minimum atomic E-state index is -0.837. The Kier molecular flexibility index (Phi) is 3.91. The van der Waals surface area contributed by atoms with Crippen molar-refractivity contribution in [2.45, 2.75) is 18.9 Å². The third kappa shape index (κ3) is 2.59. The molecule has 3 rings (SSSR count). The summed E-state index contributed by atoms with van der Waals surface area (Å²) in [5.74, 6) is -0.589. The first-order valence-electron chi connectivity index (χ1n) is 7.32. The van der Waals surface area contributed by atoms with Crippen LogP contribution in [0.4, 0.5) is 0 Å². The van der Waals surface area contributed by atoms with Gasteiger partial charge in [0, 0.05) is 0 Å². The monoisotopic (exact) mass is 287 g/mol. The van der Waals surface area contributed by atoms with Gasteiger partial charge in [-0.15, -0.1) is 0 Å². The van der Waals surface area contributed by atoms with Crippen LogP contribution in [0.5, 0.6) is 0 Å². The second-order valence-electron chi connectivity index (χ2n) is 5.53. The van der Waals surface area contributed by atoms with E-state index in [0.717, 1.165) is 27.5 Å². The fourth-order valence-electron chi connectivity index (χ4n) is 2.79. The summed E-state index contributed by atoms with van der Waals surface area (Å²) in [5, 5.41) is 22.4. The van der Waals surface area contributed by atoms with Crippen LogP contribution in [0.15, 0.2) is 66.7 Å². The van der Waals surface area contributed by atoms with Crippen molar-refractivity contribution in [3.8, 4) is 6.07 Å². The standard InChI is InChI=1S/C20H17NO/c1-14-9-11-16(12-10-14)20(22)19(13-21)18-8-4-6-15-5-2-3-7-17(15)18/h2-12,19-20,22H,1H3/t19-,20-/m0/s1. The zero-order chi connectivity index (χ0) is 15.5. The molecule has 0 bridgehead atoms. The van der Waals surface area contributed by atoms with Gasteiger partial charge in [0.05, 0.1) is 12.2 Å². The van der Waals surface area contributed by atoms with Crippen molar-refractivity contribution < 1.29 is 5.11 Å². The second kappa shape index (κ2) is 6.01. The number of rotatable bonds is 3. The van der Waals surface area contributed by atoms with E-state index in [1.807, 2.05) is 73.7 Å². The van der Waals surface area contributed by atoms with Gasteiger partial charge in [0.2, 0.25) is 0 Å². The lowest BCUT2D eigenvalue weighted by Gasteiger charge is -2.19. The zero-order valence-electron chi connectivity index (χ0n) is 12.4. The van der Waals surface area contributed by atoms with Crippen molar-refractivity contribution >= 4 is 10.8 Å². The van der Waals surface area contributed by atoms with Gasteiger partial charge >= 0.3 is 0 Å². The Morgan fingerprint density at radius 1 is 0.909 bits per heavy atom. The molecule has 3 aromatic carbocycles. The molecule has 2 nitrogen and oxygen atoms in total. The summed E-state index contributed by atoms with van der Waals surface area (Å²) in [4.78, 5) is 0. The molecule has 0 aliphatic rings. The average Bonchev–Trinajstić information content (AvgIpc) is 2.56. The maximum absolute atomic E-state index is 10.7. The van der Waals surface area contributed by atoms with Gasteiger partial charge in [-0.2, -0.15) is 5.26 Å². The van der Waals surface area contributed by atoms with Crippen LogP contribution in [0.25, 0.3) is 10.8 Å². The Hall–Kier alpha value is -2.63. The Labute approximate surface area is 130 Å². The molecule has 1 N–H and O–H groups in total. The van der Waals surface area contributed by atoms with Crippen LogP contribution in [0.2, 0.25) is 0 Å². The first-order chi connectivity index (χ1) is 10.7. The number of nitriles is 1. The fraction of sp³-hybridized carbons (Fsp3) is 0.150. The number of aliphatic hydroxyl groups is 1. The van der Waals surface area contributed by atoms with Gasteiger partial charge in [0.15, 0.2) is 0 Å². The number of aliphatic hydroxyl groups excluding tert-OH is 1. The maximum atomic E-state index is 10.7. The third-order valence-corrected chi connectivity index (χ3v) is 4.03. The molecule has 2 atom stereocenters. The molecule has 0 saturated heterocycles. The molecule has 22 heavy (non-hydrogen) atoms. The van der Waals surface area contributed by atoms with Crippen molar-refractivity contribution in [2.24, 2.45) is 0 Å². The van der Waals surface area contributed by atoms with Crippen LogP contribution in [0, 0.1) is 18.3 Å². The number of hydrogen-bond acceptors (Lipinski definition) is 2. The van der Waals surface area contributed by atoms with Gasteiger partial charge in [-0.1, -0.05) is 72.3 Å². The lowest BCUT2D eigenvalue weighted by Crippen LogP contribution is -2.09. The Morgan fingerprint density at radius 3 is 2.32 bits per heavy atom. The van der Waals surface area contributed by atoms with E-state index in [9.17, 15) is 10.4 Å². The summed E-state index contributed by atoms with van der Waals surface area (Å²) in [6.45, 7) is 2.00. The molecule has 0 aromatic heterocycles. The lowest BCUT2D eigenvalue weighted by molar-refractivity contribution is 0.164. The molecule has 0 fully saturated rings. The highest BCUT2D eigenvalue weighted by atomic mass is 16.3. The highest BCUT2D eigenvalue weighted by Crippen LogP contribution is 2.34. The topological polar surface area (TPSA) is 44.0 Å². The van der Waals surface area contributed by atoms with Crippen LogP contribution < -0.4 is 0 Å². The summed E-state index contributed by atoms with van der Waals surface area (Å²) >= 11 is 0. The van der Waals surface area contributed by atoms with Crippen LogP contribution in [0.3, 0.4) is 0 Å². The van der Waals surface area contributed by atoms with Gasteiger partial charge in [-0.25, -0.2) is 0 Å². The molecule has 0 unspecified atom stereocenters. The van der Waals surface area contributed by atoms with Crippen LogP contribution in [-0.4, -0.2) is 5.11 Å². The van der Waals surface area contributed by atoms with Gasteiger partial charge in [0.25, 0.3) is 0 Å². The highest BCUT2D eigenvalue weighted by Gasteiger charge is 2.24. The van der Waals surface area contributed by atoms with Crippen molar-refractivity contribution in [2.75, 3.05) is 0 Å². The zero-order valence-corrected chi connectivity index (χ0v) is 12.4. The molecule has 0 spiro atoms. The molecule has 0 saturated carbocycles. The molecule has 108 valence electrons. The molecule has 2 heteroatoms. The number of benzene rings is 3. The van der Waals surface area contributed by atoms with Crippen molar-refractivity contribution in [1.29, 1.82) is 5.26 Å². The number of aryl methyl sites for hydroxylation is 1. The smallest absolute Gasteiger partial charge is 0.102 e. The van der Waals surface area contributed by atoms with E-state index in [2.05, 4.69) is 6.07 Å². The normalized spacial score (nSPS) is 13.5. The minimum absolute atomic E-state index is 0.589. The van der Waals surface area contributed by atoms with E-state index in [0.29, 0.717) is 0 Å². The number of fused-ring (bicyclic) bond motifs is 1. The maximum Gasteiger partial charge on any atom is 0.102 e. The van der Waals surface area contributed by atoms with E-state index < -0.39 is 12.0 Å². The van der Waals surface area contributed by atoms with Crippen molar-refractivity contribution in [3.05, 3.63) is 83.4 Å². The van der Waals surface area contributed by atoms with E-state index in [-0.39, 0.29) is 0 Å². The van der Waals surface area contributed by atoms with Gasteiger partial charge in [0.1, 0.15) is 5.92 Å². The molecule has 0 aliphatic heterocycles. The van der Waals surface area contributed by atoms with E-state index in [4.69, 9.17) is 0 Å². The molecule has 3 aromatic rings. The highest BCUT2D eigenvalue weighted by molar-refractivity contribution is 5.86.